The fourth-order valence-corrected chi connectivity index (χ4v) is 8.43. The molecule has 2 rings (SSSR count). The summed E-state index contributed by atoms with van der Waals surface area (Å²) in [6.45, 7) is 7.59. The van der Waals surface area contributed by atoms with Crippen molar-refractivity contribution in [3.63, 3.8) is 0 Å². The maximum Gasteiger partial charge on any atom is 0.305 e. The molecule has 0 heterocycles. The van der Waals surface area contributed by atoms with E-state index in [4.69, 9.17) is 4.43 Å². The Morgan fingerprint density at radius 3 is 1.84 bits per heavy atom. The van der Waals surface area contributed by atoms with Crippen molar-refractivity contribution in [1.29, 1.82) is 0 Å². The van der Waals surface area contributed by atoms with Gasteiger partial charge in [0.15, 0.2) is 0 Å². The maximum atomic E-state index is 11.1. The lowest BCUT2D eigenvalue weighted by molar-refractivity contribution is -0.140. The number of allylic oxidation sites excluding steroid dienone is 3. The van der Waals surface area contributed by atoms with Crippen molar-refractivity contribution < 1.29 is 14.0 Å². The van der Waals surface area contributed by atoms with Crippen LogP contribution in [0.3, 0.4) is 0 Å². The predicted octanol–water partition coefficient (Wildman–Crippen LogP) is 5.41. The third-order valence-corrected chi connectivity index (χ3v) is 10.4. The van der Waals surface area contributed by atoms with E-state index < -0.39 is 8.32 Å². The number of hydrogen-bond donors (Lipinski definition) is 0. The summed E-state index contributed by atoms with van der Waals surface area (Å²) < 4.78 is 11.5. The Balaban J connectivity index is 2.03. The molecule has 0 saturated carbocycles. The number of hydrogen-bond acceptors (Lipinski definition) is 3. The zero-order valence-corrected chi connectivity index (χ0v) is 20.3. The van der Waals surface area contributed by atoms with Crippen molar-refractivity contribution in [2.24, 2.45) is 0 Å². The SMILES string of the molecule is COC(=O)CC/C=C\C/C=C\CCO[Si](c1ccccc1)(c1ccccc1)C(C)(C)C. The average molecular weight is 437 g/mol. The second-order valence-electron chi connectivity index (χ2n) is 8.59. The first-order valence-electron chi connectivity index (χ1n) is 11.0. The monoisotopic (exact) mass is 436 g/mol. The lowest BCUT2D eigenvalue weighted by atomic mass is 10.2. The minimum Gasteiger partial charge on any atom is -0.469 e. The molecule has 0 aliphatic heterocycles. The molecule has 0 radical (unpaired) electrons. The third kappa shape index (κ3) is 7.05. The second kappa shape index (κ2) is 12.4. The van der Waals surface area contributed by atoms with Crippen molar-refractivity contribution in [1.82, 2.24) is 0 Å². The van der Waals surface area contributed by atoms with E-state index in [0.717, 1.165) is 19.3 Å². The molecular formula is C27H36O3Si. The largest absolute Gasteiger partial charge is 0.469 e. The summed E-state index contributed by atoms with van der Waals surface area (Å²) in [5.74, 6) is -0.166. The van der Waals surface area contributed by atoms with E-state index in [1.807, 2.05) is 6.08 Å². The Labute approximate surface area is 188 Å². The number of benzene rings is 2. The number of carbonyl (C=O) groups excluding carboxylic acids is 1. The zero-order chi connectivity index (χ0) is 22.6. The molecule has 0 bridgehead atoms. The van der Waals surface area contributed by atoms with Gasteiger partial charge in [0.05, 0.1) is 7.11 Å². The molecule has 0 unspecified atom stereocenters. The average Bonchev–Trinajstić information content (AvgIpc) is 2.77. The van der Waals surface area contributed by atoms with Crippen molar-refractivity contribution in [2.45, 2.75) is 51.5 Å². The second-order valence-corrected chi connectivity index (χ2v) is 12.9. The smallest absolute Gasteiger partial charge is 0.305 e. The maximum absolute atomic E-state index is 11.1. The van der Waals surface area contributed by atoms with Crippen LogP contribution in [0.2, 0.25) is 5.04 Å². The Kier molecular flexibility index (Phi) is 9.96. The van der Waals surface area contributed by atoms with Gasteiger partial charge in [0, 0.05) is 13.0 Å². The summed E-state index contributed by atoms with van der Waals surface area (Å²) >= 11 is 0. The molecule has 31 heavy (non-hydrogen) atoms. The van der Waals surface area contributed by atoms with Crippen LogP contribution >= 0.6 is 0 Å². The summed E-state index contributed by atoms with van der Waals surface area (Å²) in [6.07, 6.45) is 11.3. The Morgan fingerprint density at radius 1 is 0.839 bits per heavy atom. The van der Waals surface area contributed by atoms with Crippen LogP contribution in [0.5, 0.6) is 0 Å². The molecule has 0 saturated heterocycles. The quantitative estimate of drug-likeness (QED) is 0.204. The van der Waals surface area contributed by atoms with Gasteiger partial charge in [-0.1, -0.05) is 106 Å². The summed E-state index contributed by atoms with van der Waals surface area (Å²) in [5, 5.41) is 2.62. The Bertz CT molecular complexity index is 796. The molecule has 0 atom stereocenters. The van der Waals surface area contributed by atoms with Gasteiger partial charge in [-0.2, -0.15) is 0 Å². The molecule has 0 fully saturated rings. The van der Waals surface area contributed by atoms with E-state index in [1.165, 1.54) is 17.5 Å². The third-order valence-electron chi connectivity index (χ3n) is 5.37. The van der Waals surface area contributed by atoms with Gasteiger partial charge in [-0.3, -0.25) is 4.79 Å². The van der Waals surface area contributed by atoms with E-state index in [9.17, 15) is 4.79 Å². The molecule has 0 amide bonds. The number of esters is 1. The topological polar surface area (TPSA) is 35.5 Å². The van der Waals surface area contributed by atoms with Gasteiger partial charge in [-0.25, -0.2) is 0 Å². The molecule has 166 valence electrons. The molecule has 2 aromatic carbocycles. The number of methoxy groups -OCH3 is 1. The predicted molar refractivity (Wildman–Crippen MR) is 132 cm³/mol. The lowest BCUT2D eigenvalue weighted by Crippen LogP contribution is -2.66. The fourth-order valence-electron chi connectivity index (χ4n) is 3.85. The molecule has 0 N–H and O–H groups in total. The summed E-state index contributed by atoms with van der Waals surface area (Å²) in [7, 11) is -1.02. The van der Waals surface area contributed by atoms with Crippen LogP contribution in [-0.4, -0.2) is 28.0 Å². The first-order valence-corrected chi connectivity index (χ1v) is 12.9. The first-order chi connectivity index (χ1) is 14.9. The van der Waals surface area contributed by atoms with Crippen LogP contribution in [-0.2, 0) is 14.0 Å². The molecular weight excluding hydrogens is 400 g/mol. The van der Waals surface area contributed by atoms with Gasteiger partial charge >= 0.3 is 5.97 Å². The zero-order valence-electron chi connectivity index (χ0n) is 19.3. The number of rotatable bonds is 11. The van der Waals surface area contributed by atoms with Crippen LogP contribution in [0.25, 0.3) is 0 Å². The Morgan fingerprint density at radius 2 is 1.35 bits per heavy atom. The van der Waals surface area contributed by atoms with Gasteiger partial charge < -0.3 is 9.16 Å². The van der Waals surface area contributed by atoms with Gasteiger partial charge in [-0.15, -0.1) is 0 Å². The van der Waals surface area contributed by atoms with E-state index in [0.29, 0.717) is 13.0 Å². The standard InChI is InChI=1S/C27H36O3Si/c1-27(2,3)31(24-18-12-10-13-19-24,25-20-14-11-15-21-25)30-23-17-9-7-5-6-8-16-22-26(28)29-4/h6-15,18-21H,5,16-17,22-23H2,1-4H3/b8-6-,9-7-. The van der Waals surface area contributed by atoms with Crippen LogP contribution in [0.1, 0.15) is 46.5 Å². The van der Waals surface area contributed by atoms with Crippen molar-refractivity contribution in [3.05, 3.63) is 85.0 Å². The first kappa shape index (κ1) is 24.8. The highest BCUT2D eigenvalue weighted by Gasteiger charge is 2.49. The van der Waals surface area contributed by atoms with E-state index in [-0.39, 0.29) is 11.0 Å². The van der Waals surface area contributed by atoms with Gasteiger partial charge in [0.25, 0.3) is 8.32 Å². The summed E-state index contributed by atoms with van der Waals surface area (Å²) in [4.78, 5) is 11.1. The highest BCUT2D eigenvalue weighted by molar-refractivity contribution is 6.99. The van der Waals surface area contributed by atoms with Crippen LogP contribution in [0, 0.1) is 0 Å². The summed E-state index contributed by atoms with van der Waals surface area (Å²) in [6, 6.07) is 21.5. The van der Waals surface area contributed by atoms with E-state index in [2.05, 4.69) is 104 Å². The molecule has 0 spiro atoms. The fraction of sp³-hybridized carbons (Fsp3) is 0.370. The number of ether oxygens (including phenoxy) is 1. The Hall–Kier alpha value is -2.43. The van der Waals surface area contributed by atoms with Crippen LogP contribution in [0.4, 0.5) is 0 Å². The molecule has 0 aromatic heterocycles. The molecule has 3 nitrogen and oxygen atoms in total. The van der Waals surface area contributed by atoms with Gasteiger partial charge in [-0.05, 0) is 34.7 Å². The molecule has 2 aromatic rings. The summed E-state index contributed by atoms with van der Waals surface area (Å²) in [5.41, 5.74) is 0. The molecule has 0 aliphatic rings. The highest BCUT2D eigenvalue weighted by atomic mass is 28.4. The lowest BCUT2D eigenvalue weighted by Gasteiger charge is -2.43. The van der Waals surface area contributed by atoms with Crippen molar-refractivity contribution >= 4 is 24.7 Å². The van der Waals surface area contributed by atoms with Gasteiger partial charge in [0.1, 0.15) is 0 Å². The minimum atomic E-state index is -2.44. The normalized spacial score (nSPS) is 12.5. The highest BCUT2D eigenvalue weighted by Crippen LogP contribution is 2.36. The van der Waals surface area contributed by atoms with Crippen molar-refractivity contribution in [2.75, 3.05) is 13.7 Å². The number of carbonyl (C=O) groups is 1. The van der Waals surface area contributed by atoms with Crippen LogP contribution < -0.4 is 10.4 Å². The molecule has 0 aliphatic carbocycles. The van der Waals surface area contributed by atoms with Crippen molar-refractivity contribution in [3.8, 4) is 0 Å². The molecule has 4 heteroatoms. The van der Waals surface area contributed by atoms with E-state index in [1.54, 1.807) is 0 Å². The van der Waals surface area contributed by atoms with Crippen LogP contribution in [0.15, 0.2) is 85.0 Å². The van der Waals surface area contributed by atoms with E-state index >= 15 is 0 Å². The van der Waals surface area contributed by atoms with Gasteiger partial charge in [0.2, 0.25) is 0 Å². The minimum absolute atomic E-state index is 0.00178.